The molecule has 1 fully saturated rings. The number of benzene rings is 1. The van der Waals surface area contributed by atoms with Crippen LogP contribution in [0.3, 0.4) is 0 Å². The normalized spacial score (nSPS) is 15.4. The fourth-order valence-corrected chi connectivity index (χ4v) is 2.63. The Morgan fingerprint density at radius 3 is 2.64 bits per heavy atom. The van der Waals surface area contributed by atoms with E-state index in [9.17, 15) is 4.79 Å². The maximum atomic E-state index is 12.4. The zero-order chi connectivity index (χ0) is 15.4. The first-order chi connectivity index (χ1) is 10.7. The Morgan fingerprint density at radius 1 is 1.18 bits per heavy atom. The Kier molecular flexibility index (Phi) is 4.32. The first-order valence-electron chi connectivity index (χ1n) is 7.64. The van der Waals surface area contributed by atoms with Crippen LogP contribution >= 0.6 is 0 Å². The van der Waals surface area contributed by atoms with Crippen LogP contribution in [0.4, 0.5) is 10.5 Å². The summed E-state index contributed by atoms with van der Waals surface area (Å²) in [4.78, 5) is 14.3. The number of anilines is 1. The molecule has 2 heterocycles. The van der Waals surface area contributed by atoms with Crippen LogP contribution in [0.15, 0.2) is 24.5 Å². The molecule has 0 radical (unpaired) electrons. The fourth-order valence-electron chi connectivity index (χ4n) is 2.63. The topological polar surface area (TPSA) is 75.9 Å². The zero-order valence-corrected chi connectivity index (χ0v) is 12.7. The molecule has 2 amide bonds. The number of carbonyl (C=O) groups excluding carboxylic acids is 1. The average Bonchev–Trinajstić information content (AvgIpc) is 2.91. The van der Waals surface area contributed by atoms with Gasteiger partial charge in [0.1, 0.15) is 6.33 Å². The standard InChI is InChI=1S/C15H20N6O/c1-12-6-7-13(21-11-16-18-19-21)10-14(12)17-15(22)20-8-4-2-3-5-9-20/h6-7,10-11H,2-5,8-9H2,1H3,(H,17,22). The largest absolute Gasteiger partial charge is 0.325 e. The molecule has 22 heavy (non-hydrogen) atoms. The molecule has 3 rings (SSSR count). The van der Waals surface area contributed by atoms with Gasteiger partial charge >= 0.3 is 6.03 Å². The molecule has 0 atom stereocenters. The monoisotopic (exact) mass is 300 g/mol. The number of aromatic nitrogens is 4. The van der Waals surface area contributed by atoms with E-state index >= 15 is 0 Å². The molecule has 1 aliphatic heterocycles. The lowest BCUT2D eigenvalue weighted by Gasteiger charge is -2.21. The van der Waals surface area contributed by atoms with E-state index in [0.717, 1.165) is 42.9 Å². The molecular weight excluding hydrogens is 280 g/mol. The smallest absolute Gasteiger partial charge is 0.321 e. The lowest BCUT2D eigenvalue weighted by atomic mass is 10.2. The fraction of sp³-hybridized carbons (Fsp3) is 0.467. The van der Waals surface area contributed by atoms with E-state index in [1.54, 1.807) is 4.68 Å². The van der Waals surface area contributed by atoms with Crippen LogP contribution in [0.25, 0.3) is 5.69 Å². The molecule has 1 saturated heterocycles. The third-order valence-electron chi connectivity index (χ3n) is 3.97. The number of amides is 2. The molecule has 7 nitrogen and oxygen atoms in total. The number of rotatable bonds is 2. The summed E-state index contributed by atoms with van der Waals surface area (Å²) in [6.45, 7) is 3.64. The second-order valence-corrected chi connectivity index (χ2v) is 5.59. The van der Waals surface area contributed by atoms with Crippen LogP contribution in [0.1, 0.15) is 31.2 Å². The molecule has 0 bridgehead atoms. The number of nitrogens with one attached hydrogen (secondary N) is 1. The summed E-state index contributed by atoms with van der Waals surface area (Å²) >= 11 is 0. The predicted molar refractivity (Wildman–Crippen MR) is 83.0 cm³/mol. The quantitative estimate of drug-likeness (QED) is 0.924. The highest BCUT2D eigenvalue weighted by Crippen LogP contribution is 2.20. The summed E-state index contributed by atoms with van der Waals surface area (Å²) in [5, 5.41) is 14.2. The minimum Gasteiger partial charge on any atom is -0.325 e. The summed E-state index contributed by atoms with van der Waals surface area (Å²) in [6, 6.07) is 5.74. The summed E-state index contributed by atoms with van der Waals surface area (Å²) in [7, 11) is 0. The number of likely N-dealkylation sites (tertiary alicyclic amines) is 1. The van der Waals surface area contributed by atoms with Gasteiger partial charge in [0, 0.05) is 18.8 Å². The van der Waals surface area contributed by atoms with Gasteiger partial charge in [-0.2, -0.15) is 0 Å². The Hall–Kier alpha value is -2.44. The Labute approximate surface area is 129 Å². The maximum absolute atomic E-state index is 12.4. The number of nitrogens with zero attached hydrogens (tertiary/aromatic N) is 5. The minimum atomic E-state index is -0.0288. The van der Waals surface area contributed by atoms with Crippen molar-refractivity contribution in [2.24, 2.45) is 0 Å². The van der Waals surface area contributed by atoms with Crippen LogP contribution in [0.2, 0.25) is 0 Å². The minimum absolute atomic E-state index is 0.0288. The van der Waals surface area contributed by atoms with Gasteiger partial charge in [0.05, 0.1) is 5.69 Å². The van der Waals surface area contributed by atoms with Gasteiger partial charge in [-0.3, -0.25) is 0 Å². The van der Waals surface area contributed by atoms with E-state index < -0.39 is 0 Å². The zero-order valence-electron chi connectivity index (χ0n) is 12.7. The highest BCUT2D eigenvalue weighted by Gasteiger charge is 2.16. The van der Waals surface area contributed by atoms with Crippen LogP contribution in [0.5, 0.6) is 0 Å². The molecule has 7 heteroatoms. The molecule has 0 saturated carbocycles. The third kappa shape index (κ3) is 3.24. The van der Waals surface area contributed by atoms with Gasteiger partial charge in [-0.1, -0.05) is 18.9 Å². The molecule has 1 aliphatic rings. The van der Waals surface area contributed by atoms with Gasteiger partial charge in [0.2, 0.25) is 0 Å². The Balaban J connectivity index is 1.76. The van der Waals surface area contributed by atoms with E-state index in [1.807, 2.05) is 30.0 Å². The van der Waals surface area contributed by atoms with Crippen LogP contribution < -0.4 is 5.32 Å². The number of aryl methyl sites for hydroxylation is 1. The van der Waals surface area contributed by atoms with E-state index in [4.69, 9.17) is 0 Å². The summed E-state index contributed by atoms with van der Waals surface area (Å²) in [6.07, 6.45) is 6.11. The van der Waals surface area contributed by atoms with Gasteiger partial charge in [-0.05, 0) is 47.9 Å². The highest BCUT2D eigenvalue weighted by molar-refractivity contribution is 5.90. The summed E-state index contributed by atoms with van der Waals surface area (Å²) in [5.74, 6) is 0. The van der Waals surface area contributed by atoms with Crippen molar-refractivity contribution < 1.29 is 4.79 Å². The molecule has 0 spiro atoms. The van der Waals surface area contributed by atoms with Gasteiger partial charge in [0.25, 0.3) is 0 Å². The van der Waals surface area contributed by atoms with Crippen molar-refractivity contribution in [2.75, 3.05) is 18.4 Å². The molecule has 0 aliphatic carbocycles. The molecule has 1 aromatic carbocycles. The van der Waals surface area contributed by atoms with Crippen molar-refractivity contribution in [1.82, 2.24) is 25.1 Å². The average molecular weight is 300 g/mol. The SMILES string of the molecule is Cc1ccc(-n2cnnn2)cc1NC(=O)N1CCCCCC1. The van der Waals surface area contributed by atoms with Crippen molar-refractivity contribution >= 4 is 11.7 Å². The van der Waals surface area contributed by atoms with Crippen LogP contribution in [0, 0.1) is 6.92 Å². The van der Waals surface area contributed by atoms with Gasteiger partial charge in [-0.25, -0.2) is 9.48 Å². The van der Waals surface area contributed by atoms with Crippen molar-refractivity contribution in [3.8, 4) is 5.69 Å². The second-order valence-electron chi connectivity index (χ2n) is 5.59. The van der Waals surface area contributed by atoms with E-state index in [2.05, 4.69) is 20.8 Å². The lowest BCUT2D eigenvalue weighted by molar-refractivity contribution is 0.213. The molecule has 116 valence electrons. The van der Waals surface area contributed by atoms with Crippen molar-refractivity contribution in [2.45, 2.75) is 32.6 Å². The van der Waals surface area contributed by atoms with E-state index in [1.165, 1.54) is 19.2 Å². The Morgan fingerprint density at radius 2 is 1.95 bits per heavy atom. The van der Waals surface area contributed by atoms with Crippen LogP contribution in [-0.4, -0.2) is 44.2 Å². The maximum Gasteiger partial charge on any atom is 0.321 e. The van der Waals surface area contributed by atoms with Crippen molar-refractivity contribution in [3.05, 3.63) is 30.1 Å². The summed E-state index contributed by atoms with van der Waals surface area (Å²) < 4.78 is 1.57. The molecule has 1 aromatic heterocycles. The molecular formula is C15H20N6O. The summed E-state index contributed by atoms with van der Waals surface area (Å²) in [5.41, 5.74) is 2.63. The predicted octanol–water partition coefficient (Wildman–Crippen LogP) is 2.38. The molecule has 1 N–H and O–H groups in total. The van der Waals surface area contributed by atoms with E-state index in [0.29, 0.717) is 0 Å². The van der Waals surface area contributed by atoms with Gasteiger partial charge in [0.15, 0.2) is 0 Å². The highest BCUT2D eigenvalue weighted by atomic mass is 16.2. The third-order valence-corrected chi connectivity index (χ3v) is 3.97. The van der Waals surface area contributed by atoms with Gasteiger partial charge < -0.3 is 10.2 Å². The number of tetrazole rings is 1. The number of urea groups is 1. The Bertz CT molecular complexity index is 631. The van der Waals surface area contributed by atoms with Gasteiger partial charge in [-0.15, -0.1) is 5.10 Å². The number of hydrogen-bond acceptors (Lipinski definition) is 4. The number of carbonyl (C=O) groups is 1. The van der Waals surface area contributed by atoms with E-state index in [-0.39, 0.29) is 6.03 Å². The first-order valence-corrected chi connectivity index (χ1v) is 7.64. The number of hydrogen-bond donors (Lipinski definition) is 1. The molecule has 2 aromatic rings. The second kappa shape index (κ2) is 6.55. The molecule has 0 unspecified atom stereocenters. The van der Waals surface area contributed by atoms with Crippen molar-refractivity contribution in [3.63, 3.8) is 0 Å². The van der Waals surface area contributed by atoms with Crippen LogP contribution in [-0.2, 0) is 0 Å². The van der Waals surface area contributed by atoms with Crippen molar-refractivity contribution in [1.29, 1.82) is 0 Å². The first kappa shape index (κ1) is 14.5. The lowest BCUT2D eigenvalue weighted by Crippen LogP contribution is -2.35.